The molecule has 1 aliphatic heterocycles. The minimum Gasteiger partial charge on any atom is -0.312 e. The SMILES string of the molecule is Cc1ccc(N2CC(C(=O)Nc3nnc(Cc4ccc(Cl)cc4)s3)CC2=O)cc1C. The first-order chi connectivity index (χ1) is 14.4. The molecule has 1 aliphatic rings. The van der Waals surface area contributed by atoms with Gasteiger partial charge in [-0.1, -0.05) is 41.1 Å². The van der Waals surface area contributed by atoms with Crippen LogP contribution in [-0.4, -0.2) is 28.6 Å². The van der Waals surface area contributed by atoms with Gasteiger partial charge in [0.25, 0.3) is 0 Å². The molecule has 30 heavy (non-hydrogen) atoms. The van der Waals surface area contributed by atoms with E-state index in [2.05, 4.69) is 15.5 Å². The van der Waals surface area contributed by atoms with E-state index in [0.29, 0.717) is 23.1 Å². The fourth-order valence-corrected chi connectivity index (χ4v) is 4.29. The van der Waals surface area contributed by atoms with Gasteiger partial charge in [0.2, 0.25) is 16.9 Å². The Kier molecular flexibility index (Phi) is 5.83. The van der Waals surface area contributed by atoms with Gasteiger partial charge in [-0.25, -0.2) is 0 Å². The van der Waals surface area contributed by atoms with Crippen molar-refractivity contribution in [2.75, 3.05) is 16.8 Å². The highest BCUT2D eigenvalue weighted by Gasteiger charge is 2.35. The molecule has 1 N–H and O–H groups in total. The summed E-state index contributed by atoms with van der Waals surface area (Å²) in [5, 5.41) is 13.0. The number of hydrogen-bond acceptors (Lipinski definition) is 5. The Hall–Kier alpha value is -2.77. The Morgan fingerprint density at radius 1 is 1.17 bits per heavy atom. The molecule has 8 heteroatoms. The van der Waals surface area contributed by atoms with Crippen LogP contribution >= 0.6 is 22.9 Å². The zero-order valence-electron chi connectivity index (χ0n) is 16.7. The van der Waals surface area contributed by atoms with Gasteiger partial charge in [-0.3, -0.25) is 9.59 Å². The van der Waals surface area contributed by atoms with E-state index in [1.54, 1.807) is 4.90 Å². The molecule has 0 saturated carbocycles. The fraction of sp³-hybridized carbons (Fsp3) is 0.273. The Labute approximate surface area is 183 Å². The number of nitrogens with one attached hydrogen (secondary N) is 1. The van der Waals surface area contributed by atoms with Crippen LogP contribution in [0.1, 0.15) is 28.1 Å². The third-order valence-electron chi connectivity index (χ3n) is 5.26. The Bertz CT molecular complexity index is 1100. The molecule has 2 aromatic carbocycles. The molecule has 2 heterocycles. The molecule has 1 aromatic heterocycles. The summed E-state index contributed by atoms with van der Waals surface area (Å²) in [6, 6.07) is 13.4. The summed E-state index contributed by atoms with van der Waals surface area (Å²) < 4.78 is 0. The van der Waals surface area contributed by atoms with Gasteiger partial charge in [0.05, 0.1) is 5.92 Å². The second-order valence-corrected chi connectivity index (χ2v) is 8.97. The lowest BCUT2D eigenvalue weighted by molar-refractivity contribution is -0.122. The van der Waals surface area contributed by atoms with E-state index in [9.17, 15) is 9.59 Å². The molecule has 2 amide bonds. The van der Waals surface area contributed by atoms with Crippen LogP contribution in [0.5, 0.6) is 0 Å². The van der Waals surface area contributed by atoms with Crippen LogP contribution in [0.15, 0.2) is 42.5 Å². The lowest BCUT2D eigenvalue weighted by Gasteiger charge is -2.17. The van der Waals surface area contributed by atoms with Crippen LogP contribution in [-0.2, 0) is 16.0 Å². The number of anilines is 2. The number of amides is 2. The minimum atomic E-state index is -0.414. The lowest BCUT2D eigenvalue weighted by Crippen LogP contribution is -2.28. The summed E-state index contributed by atoms with van der Waals surface area (Å²) in [5.74, 6) is -0.661. The Morgan fingerprint density at radius 3 is 2.67 bits per heavy atom. The number of hydrogen-bond donors (Lipinski definition) is 1. The van der Waals surface area contributed by atoms with Gasteiger partial charge in [0, 0.05) is 30.1 Å². The molecule has 1 unspecified atom stereocenters. The highest BCUT2D eigenvalue weighted by Crippen LogP contribution is 2.28. The zero-order chi connectivity index (χ0) is 21.3. The highest BCUT2D eigenvalue weighted by molar-refractivity contribution is 7.15. The van der Waals surface area contributed by atoms with Crippen LogP contribution in [0.2, 0.25) is 5.02 Å². The van der Waals surface area contributed by atoms with Gasteiger partial charge in [0.15, 0.2) is 0 Å². The summed E-state index contributed by atoms with van der Waals surface area (Å²) in [7, 11) is 0. The molecular formula is C22H21ClN4O2S. The normalized spacial score (nSPS) is 16.2. The van der Waals surface area contributed by atoms with E-state index >= 15 is 0 Å². The summed E-state index contributed by atoms with van der Waals surface area (Å²) in [5.41, 5.74) is 4.19. The van der Waals surface area contributed by atoms with Crippen LogP contribution in [0.3, 0.4) is 0 Å². The first kappa shape index (κ1) is 20.5. The average Bonchev–Trinajstić information content (AvgIpc) is 3.32. The van der Waals surface area contributed by atoms with Crippen molar-refractivity contribution in [1.82, 2.24) is 10.2 Å². The third kappa shape index (κ3) is 4.52. The standard InChI is InChI=1S/C22H21ClN4O2S/c1-13-3-8-18(9-14(13)2)27-12-16(11-20(27)28)21(29)24-22-26-25-19(30-22)10-15-4-6-17(23)7-5-15/h3-9,16H,10-12H2,1-2H3,(H,24,26,29). The Balaban J connectivity index is 1.38. The number of carbonyl (C=O) groups is 2. The van der Waals surface area contributed by atoms with Gasteiger partial charge in [-0.2, -0.15) is 0 Å². The maximum Gasteiger partial charge on any atom is 0.231 e. The monoisotopic (exact) mass is 440 g/mol. The van der Waals surface area contributed by atoms with Gasteiger partial charge < -0.3 is 10.2 Å². The van der Waals surface area contributed by atoms with Crippen molar-refractivity contribution in [2.24, 2.45) is 5.92 Å². The molecule has 1 saturated heterocycles. The minimum absolute atomic E-state index is 0.0425. The first-order valence-electron chi connectivity index (χ1n) is 9.64. The number of aryl methyl sites for hydroxylation is 2. The van der Waals surface area contributed by atoms with Gasteiger partial charge in [-0.05, 0) is 54.8 Å². The van der Waals surface area contributed by atoms with Crippen LogP contribution < -0.4 is 10.2 Å². The van der Waals surface area contributed by atoms with Crippen molar-refractivity contribution in [1.29, 1.82) is 0 Å². The van der Waals surface area contributed by atoms with Crippen LogP contribution in [0.4, 0.5) is 10.8 Å². The average molecular weight is 441 g/mol. The molecule has 1 atom stereocenters. The van der Waals surface area contributed by atoms with Gasteiger partial charge in [0.1, 0.15) is 5.01 Å². The summed E-state index contributed by atoms with van der Waals surface area (Å²) in [6.07, 6.45) is 0.808. The first-order valence-corrected chi connectivity index (χ1v) is 10.8. The maximum absolute atomic E-state index is 12.7. The second kappa shape index (κ2) is 8.53. The van der Waals surface area contributed by atoms with E-state index in [1.807, 2.05) is 56.3 Å². The van der Waals surface area contributed by atoms with Crippen molar-refractivity contribution in [3.8, 4) is 0 Å². The molecule has 0 aliphatic carbocycles. The number of carbonyl (C=O) groups excluding carboxylic acids is 2. The topological polar surface area (TPSA) is 75.2 Å². The van der Waals surface area contributed by atoms with Crippen LogP contribution in [0, 0.1) is 19.8 Å². The molecule has 154 valence electrons. The largest absolute Gasteiger partial charge is 0.312 e. The number of benzene rings is 2. The van der Waals surface area contributed by atoms with E-state index < -0.39 is 5.92 Å². The zero-order valence-corrected chi connectivity index (χ0v) is 18.3. The lowest BCUT2D eigenvalue weighted by atomic mass is 10.1. The van der Waals surface area contributed by atoms with E-state index in [0.717, 1.165) is 21.8 Å². The number of nitrogens with zero attached hydrogens (tertiary/aromatic N) is 3. The number of aromatic nitrogens is 2. The molecule has 3 aromatic rings. The summed E-state index contributed by atoms with van der Waals surface area (Å²) >= 11 is 7.25. The Morgan fingerprint density at radius 2 is 1.93 bits per heavy atom. The third-order valence-corrected chi connectivity index (χ3v) is 6.35. The molecular weight excluding hydrogens is 420 g/mol. The highest BCUT2D eigenvalue weighted by atomic mass is 35.5. The van der Waals surface area contributed by atoms with Crippen molar-refractivity contribution >= 4 is 45.6 Å². The molecule has 1 fully saturated rings. The van der Waals surface area contributed by atoms with Crippen molar-refractivity contribution in [2.45, 2.75) is 26.7 Å². The smallest absolute Gasteiger partial charge is 0.231 e. The van der Waals surface area contributed by atoms with Gasteiger partial charge in [-0.15, -0.1) is 10.2 Å². The summed E-state index contributed by atoms with van der Waals surface area (Å²) in [4.78, 5) is 26.9. The fourth-order valence-electron chi connectivity index (χ4n) is 3.39. The molecule has 4 rings (SSSR count). The van der Waals surface area contributed by atoms with Crippen molar-refractivity contribution in [3.63, 3.8) is 0 Å². The maximum atomic E-state index is 12.7. The van der Waals surface area contributed by atoms with Crippen LogP contribution in [0.25, 0.3) is 0 Å². The molecule has 0 spiro atoms. The quantitative estimate of drug-likeness (QED) is 0.638. The second-order valence-electron chi connectivity index (χ2n) is 7.47. The molecule has 6 nitrogen and oxygen atoms in total. The summed E-state index contributed by atoms with van der Waals surface area (Å²) in [6.45, 7) is 4.41. The predicted octanol–water partition coefficient (Wildman–Crippen LogP) is 4.39. The molecule has 0 radical (unpaired) electrons. The number of rotatable bonds is 5. The van der Waals surface area contributed by atoms with Crippen molar-refractivity contribution < 1.29 is 9.59 Å². The van der Waals surface area contributed by atoms with Crippen molar-refractivity contribution in [3.05, 3.63) is 69.2 Å². The predicted molar refractivity (Wildman–Crippen MR) is 119 cm³/mol. The molecule has 0 bridgehead atoms. The van der Waals surface area contributed by atoms with E-state index in [-0.39, 0.29) is 18.2 Å². The van der Waals surface area contributed by atoms with E-state index in [1.165, 1.54) is 16.9 Å². The van der Waals surface area contributed by atoms with E-state index in [4.69, 9.17) is 11.6 Å². The number of halogens is 1. The van der Waals surface area contributed by atoms with Gasteiger partial charge >= 0.3 is 0 Å².